The van der Waals surface area contributed by atoms with Crippen LogP contribution in [0.25, 0.3) is 5.57 Å². The Morgan fingerprint density at radius 2 is 2.10 bits per heavy atom. The summed E-state index contributed by atoms with van der Waals surface area (Å²) in [5.41, 5.74) is 2.36. The van der Waals surface area contributed by atoms with Crippen LogP contribution in [0.1, 0.15) is 61.4 Å². The number of allylic oxidation sites excluding steroid dienone is 3. The number of aliphatic imine (C=N–C) groups is 1. The minimum Gasteiger partial charge on any atom is -0.357 e. The number of carbonyl (C=O) groups excluding carboxylic acids is 2. The van der Waals surface area contributed by atoms with Gasteiger partial charge < -0.3 is 15.1 Å². The second-order valence-corrected chi connectivity index (χ2v) is 10.7. The third-order valence-electron chi connectivity index (χ3n) is 7.80. The predicted molar refractivity (Wildman–Crippen MR) is 160 cm³/mol. The van der Waals surface area contributed by atoms with Crippen LogP contribution >= 0.6 is 0 Å². The summed E-state index contributed by atoms with van der Waals surface area (Å²) in [5, 5.41) is 12.4. The van der Waals surface area contributed by atoms with Crippen molar-refractivity contribution >= 4 is 29.8 Å². The molecule has 1 N–H and O–H groups in total. The molecule has 2 aliphatic rings. The van der Waals surface area contributed by atoms with Gasteiger partial charge in [0.05, 0.1) is 16.8 Å². The van der Waals surface area contributed by atoms with Crippen molar-refractivity contribution in [1.29, 1.82) is 5.26 Å². The van der Waals surface area contributed by atoms with E-state index in [1.165, 1.54) is 0 Å². The lowest BCUT2D eigenvalue weighted by Crippen LogP contribution is -2.54. The topological polar surface area (TPSA) is 118 Å². The zero-order chi connectivity index (χ0) is 29.6. The minimum absolute atomic E-state index is 0.00787. The lowest BCUT2D eigenvalue weighted by molar-refractivity contribution is -0.109. The number of fused-ring (bicyclic) bond motifs is 1. The Labute approximate surface area is 242 Å². The molecule has 0 spiro atoms. The van der Waals surface area contributed by atoms with Gasteiger partial charge in [0, 0.05) is 62.3 Å². The Morgan fingerprint density at radius 3 is 2.80 bits per heavy atom. The first-order valence-corrected chi connectivity index (χ1v) is 14.0. The second kappa shape index (κ2) is 12.9. The Morgan fingerprint density at radius 1 is 1.29 bits per heavy atom. The number of anilines is 1. The molecule has 4 heterocycles. The fraction of sp³-hybridized carbons (Fsp3) is 0.419. The van der Waals surface area contributed by atoms with Crippen molar-refractivity contribution < 1.29 is 9.59 Å². The summed E-state index contributed by atoms with van der Waals surface area (Å²) in [6, 6.07) is 9.69. The molecule has 2 aromatic heterocycles. The minimum atomic E-state index is -0.825. The Balaban J connectivity index is 1.62. The van der Waals surface area contributed by atoms with E-state index < -0.39 is 5.54 Å². The van der Waals surface area contributed by atoms with Gasteiger partial charge in [-0.05, 0) is 58.5 Å². The molecule has 1 fully saturated rings. The fourth-order valence-electron chi connectivity index (χ4n) is 5.25. The van der Waals surface area contributed by atoms with Crippen molar-refractivity contribution in [2.45, 2.75) is 52.2 Å². The van der Waals surface area contributed by atoms with Gasteiger partial charge in [-0.3, -0.25) is 14.5 Å². The van der Waals surface area contributed by atoms with E-state index in [1.54, 1.807) is 12.3 Å². The molecule has 0 bridgehead atoms. The average molecular weight is 555 g/mol. The largest absolute Gasteiger partial charge is 0.357 e. The van der Waals surface area contributed by atoms with Crippen LogP contribution in [0.2, 0.25) is 0 Å². The number of nitrogens with zero attached hydrogens (tertiary/aromatic N) is 7. The van der Waals surface area contributed by atoms with E-state index in [9.17, 15) is 14.9 Å². The van der Waals surface area contributed by atoms with Crippen LogP contribution in [-0.4, -0.2) is 83.0 Å². The summed E-state index contributed by atoms with van der Waals surface area (Å²) >= 11 is 0. The number of hydrogen-bond donors (Lipinski definition) is 1. The molecular weight excluding hydrogens is 516 g/mol. The molecule has 0 radical (unpaired) electrons. The number of nitrogens with one attached hydrogen (secondary N) is 1. The second-order valence-electron chi connectivity index (χ2n) is 10.7. The van der Waals surface area contributed by atoms with E-state index >= 15 is 0 Å². The maximum absolute atomic E-state index is 13.4. The number of pyridine rings is 2. The third-order valence-corrected chi connectivity index (χ3v) is 7.80. The molecule has 10 nitrogen and oxygen atoms in total. The zero-order valence-electron chi connectivity index (χ0n) is 24.5. The highest BCUT2D eigenvalue weighted by molar-refractivity contribution is 6.14. The van der Waals surface area contributed by atoms with Gasteiger partial charge in [-0.15, -0.1) is 0 Å². The van der Waals surface area contributed by atoms with Gasteiger partial charge in [0.2, 0.25) is 6.41 Å². The van der Waals surface area contributed by atoms with Gasteiger partial charge in [-0.1, -0.05) is 19.1 Å². The normalized spacial score (nSPS) is 19.4. The van der Waals surface area contributed by atoms with Crippen LogP contribution < -0.4 is 10.2 Å². The SMILES string of the molecule is C\C=C(/C=N\C(=C\CC)N1CCN(C)C(CNC=O)C1)c1ccc2c(n1)N(Cc1cccnc1C#N)C(C)(C)C2=O. The average Bonchev–Trinajstić information content (AvgIpc) is 3.16. The summed E-state index contributed by atoms with van der Waals surface area (Å²) in [4.78, 5) is 44.7. The predicted octanol–water partition coefficient (Wildman–Crippen LogP) is 3.42. The van der Waals surface area contributed by atoms with Crippen molar-refractivity contribution in [3.05, 3.63) is 71.0 Å². The number of hydrogen-bond acceptors (Lipinski definition) is 9. The molecule has 41 heavy (non-hydrogen) atoms. The highest BCUT2D eigenvalue weighted by atomic mass is 16.1. The van der Waals surface area contributed by atoms with Gasteiger partial charge in [0.25, 0.3) is 0 Å². The van der Waals surface area contributed by atoms with E-state index in [4.69, 9.17) is 9.98 Å². The first kappa shape index (κ1) is 29.6. The summed E-state index contributed by atoms with van der Waals surface area (Å²) < 4.78 is 0. The zero-order valence-corrected chi connectivity index (χ0v) is 24.5. The van der Waals surface area contributed by atoms with Gasteiger partial charge in [-0.2, -0.15) is 5.26 Å². The highest BCUT2D eigenvalue weighted by Crippen LogP contribution is 2.39. The van der Waals surface area contributed by atoms with Crippen molar-refractivity contribution in [3.8, 4) is 6.07 Å². The van der Waals surface area contributed by atoms with Gasteiger partial charge in [0.1, 0.15) is 23.4 Å². The number of likely N-dealkylation sites (N-methyl/N-ethyl adjacent to an activating group) is 1. The van der Waals surface area contributed by atoms with Crippen LogP contribution in [0.3, 0.4) is 0 Å². The first-order chi connectivity index (χ1) is 19.7. The van der Waals surface area contributed by atoms with Crippen LogP contribution in [-0.2, 0) is 11.3 Å². The van der Waals surface area contributed by atoms with Crippen LogP contribution in [0, 0.1) is 11.3 Å². The maximum Gasteiger partial charge on any atom is 0.207 e. The number of aromatic nitrogens is 2. The third kappa shape index (κ3) is 6.20. The summed E-state index contributed by atoms with van der Waals surface area (Å²) in [5.74, 6) is 1.47. The summed E-state index contributed by atoms with van der Waals surface area (Å²) in [6.45, 7) is 11.2. The molecule has 214 valence electrons. The Bertz CT molecular complexity index is 1420. The van der Waals surface area contributed by atoms with Gasteiger partial charge in [-0.25, -0.2) is 15.0 Å². The number of Topliss-reactive ketones (excluding diaryl/α,β-unsaturated/α-hetero) is 1. The van der Waals surface area contributed by atoms with Crippen LogP contribution in [0.15, 0.2) is 53.4 Å². The Hall–Kier alpha value is -4.36. The number of piperazine rings is 1. The number of carbonyl (C=O) groups is 2. The fourth-order valence-corrected chi connectivity index (χ4v) is 5.25. The molecule has 1 atom stereocenters. The van der Waals surface area contributed by atoms with Crippen LogP contribution in [0.4, 0.5) is 5.82 Å². The lowest BCUT2D eigenvalue weighted by atomic mass is 9.97. The molecular formula is C31H38N8O2. The quantitative estimate of drug-likeness (QED) is 0.351. The Kier molecular flexibility index (Phi) is 9.30. The number of ketones is 1. The molecule has 0 aliphatic carbocycles. The van der Waals surface area contributed by atoms with Crippen molar-refractivity contribution in [2.24, 2.45) is 4.99 Å². The molecule has 0 saturated carbocycles. The number of nitriles is 1. The molecule has 4 rings (SSSR count). The molecule has 1 unspecified atom stereocenters. The van der Waals surface area contributed by atoms with Crippen molar-refractivity contribution in [2.75, 3.05) is 38.1 Å². The van der Waals surface area contributed by atoms with E-state index in [-0.39, 0.29) is 11.8 Å². The monoisotopic (exact) mass is 554 g/mol. The summed E-state index contributed by atoms with van der Waals surface area (Å²) in [7, 11) is 2.07. The summed E-state index contributed by atoms with van der Waals surface area (Å²) in [6.07, 6.45) is 9.07. The van der Waals surface area contributed by atoms with Crippen LogP contribution in [0.5, 0.6) is 0 Å². The highest BCUT2D eigenvalue weighted by Gasteiger charge is 2.45. The van der Waals surface area contributed by atoms with E-state index in [0.29, 0.717) is 35.9 Å². The van der Waals surface area contributed by atoms with E-state index in [0.717, 1.165) is 49.4 Å². The van der Waals surface area contributed by atoms with E-state index in [1.807, 2.05) is 56.2 Å². The lowest BCUT2D eigenvalue weighted by Gasteiger charge is -2.40. The maximum atomic E-state index is 13.4. The molecule has 2 aromatic rings. The van der Waals surface area contributed by atoms with Gasteiger partial charge in [0.15, 0.2) is 5.78 Å². The molecule has 0 aromatic carbocycles. The van der Waals surface area contributed by atoms with Gasteiger partial charge >= 0.3 is 0 Å². The van der Waals surface area contributed by atoms with Crippen molar-refractivity contribution in [3.63, 3.8) is 0 Å². The number of rotatable bonds is 10. The molecule has 1 saturated heterocycles. The van der Waals surface area contributed by atoms with Crippen molar-refractivity contribution in [1.82, 2.24) is 25.1 Å². The number of amides is 1. The molecule has 2 aliphatic heterocycles. The molecule has 10 heteroatoms. The van der Waals surface area contributed by atoms with E-state index in [2.05, 4.69) is 46.2 Å². The first-order valence-electron chi connectivity index (χ1n) is 14.0. The standard InChI is InChI=1S/C31H38N8O2/c1-6-9-28(38-15-14-37(5)24(20-38)18-33-21-40)35-17-22(7-2)26-12-11-25-29(41)31(3,4)39(30(25)36-26)19-23-10-8-13-34-27(23)16-32/h7-13,17,21,24H,6,14-15,18-20H2,1-5H3,(H,33,40)/b22-7+,28-9-,35-17-. The smallest absolute Gasteiger partial charge is 0.207 e. The molecule has 1 amide bonds.